The summed E-state index contributed by atoms with van der Waals surface area (Å²) in [4.78, 5) is 11.9. The maximum atomic E-state index is 11.9. The van der Waals surface area contributed by atoms with E-state index in [1.165, 1.54) is 12.8 Å². The van der Waals surface area contributed by atoms with Crippen molar-refractivity contribution in [1.29, 1.82) is 0 Å². The van der Waals surface area contributed by atoms with Crippen molar-refractivity contribution < 1.29 is 14.6 Å². The highest BCUT2D eigenvalue weighted by atomic mass is 16.5. The second-order valence-electron chi connectivity index (χ2n) is 5.80. The van der Waals surface area contributed by atoms with Crippen LogP contribution in [0.2, 0.25) is 0 Å². The van der Waals surface area contributed by atoms with Crippen LogP contribution in [0.1, 0.15) is 38.2 Å². The van der Waals surface area contributed by atoms with E-state index in [9.17, 15) is 9.90 Å². The van der Waals surface area contributed by atoms with Gasteiger partial charge in [0.25, 0.3) is 0 Å². The van der Waals surface area contributed by atoms with Gasteiger partial charge in [0.2, 0.25) is 5.91 Å². The summed E-state index contributed by atoms with van der Waals surface area (Å²) in [6.45, 7) is 2.48. The average molecular weight is 291 g/mol. The van der Waals surface area contributed by atoms with Crippen molar-refractivity contribution in [3.05, 3.63) is 35.9 Å². The smallest absolute Gasteiger partial charge is 0.248 e. The number of aliphatic hydroxyl groups excluding tert-OH is 1. The molecule has 2 N–H and O–H groups in total. The van der Waals surface area contributed by atoms with Crippen LogP contribution in [0.4, 0.5) is 0 Å². The molecule has 1 amide bonds. The fraction of sp³-hybridized carbons (Fsp3) is 0.588. The number of carbonyl (C=O) groups is 1. The van der Waals surface area contributed by atoms with E-state index in [2.05, 4.69) is 5.32 Å². The molecule has 2 atom stereocenters. The Hall–Kier alpha value is -1.39. The van der Waals surface area contributed by atoms with Gasteiger partial charge in [-0.25, -0.2) is 0 Å². The minimum Gasteiger partial charge on any atom is -0.391 e. The second kappa shape index (κ2) is 8.15. The van der Waals surface area contributed by atoms with E-state index >= 15 is 0 Å². The molecule has 0 aliphatic heterocycles. The summed E-state index contributed by atoms with van der Waals surface area (Å²) in [6, 6.07) is 9.77. The van der Waals surface area contributed by atoms with Crippen LogP contribution in [0.15, 0.2) is 30.3 Å². The molecule has 4 heteroatoms. The first-order chi connectivity index (χ1) is 10.2. The van der Waals surface area contributed by atoms with E-state index in [0.717, 1.165) is 18.4 Å². The third-order valence-corrected chi connectivity index (χ3v) is 4.14. The molecule has 21 heavy (non-hydrogen) atoms. The molecule has 4 nitrogen and oxygen atoms in total. The first-order valence-electron chi connectivity index (χ1n) is 7.78. The third-order valence-electron chi connectivity index (χ3n) is 4.14. The maximum Gasteiger partial charge on any atom is 0.248 e. The highest BCUT2D eigenvalue weighted by Crippen LogP contribution is 2.27. The van der Waals surface area contributed by atoms with Crippen molar-refractivity contribution in [1.82, 2.24) is 5.32 Å². The molecule has 116 valence electrons. The third kappa shape index (κ3) is 5.14. The first-order valence-corrected chi connectivity index (χ1v) is 7.78. The van der Waals surface area contributed by atoms with Gasteiger partial charge in [-0.15, -0.1) is 0 Å². The van der Waals surface area contributed by atoms with Crippen LogP contribution < -0.4 is 5.32 Å². The van der Waals surface area contributed by atoms with Gasteiger partial charge in [-0.2, -0.15) is 0 Å². The van der Waals surface area contributed by atoms with Gasteiger partial charge < -0.3 is 15.2 Å². The zero-order valence-electron chi connectivity index (χ0n) is 12.6. The van der Waals surface area contributed by atoms with E-state index < -0.39 is 12.2 Å². The molecular formula is C17H25NO3. The summed E-state index contributed by atoms with van der Waals surface area (Å²) in [5.41, 5.74) is 1.04. The fourth-order valence-corrected chi connectivity index (χ4v) is 2.73. The molecule has 1 fully saturated rings. The summed E-state index contributed by atoms with van der Waals surface area (Å²) in [5.74, 6) is 0.175. The van der Waals surface area contributed by atoms with Gasteiger partial charge in [0, 0.05) is 6.54 Å². The quantitative estimate of drug-likeness (QED) is 0.810. The molecule has 1 aromatic rings. The number of carbonyl (C=O) groups excluding carboxylic acids is 1. The van der Waals surface area contributed by atoms with Crippen LogP contribution in [0, 0.1) is 5.92 Å². The molecular weight excluding hydrogens is 266 g/mol. The Labute approximate surface area is 126 Å². The molecule has 0 aromatic heterocycles. The van der Waals surface area contributed by atoms with Gasteiger partial charge >= 0.3 is 0 Å². The number of hydrogen-bond acceptors (Lipinski definition) is 3. The highest BCUT2D eigenvalue weighted by Gasteiger charge is 2.24. The van der Waals surface area contributed by atoms with Crippen LogP contribution in [0.3, 0.4) is 0 Å². The van der Waals surface area contributed by atoms with Crippen LogP contribution in [-0.2, 0) is 16.1 Å². The maximum absolute atomic E-state index is 11.9. The summed E-state index contributed by atoms with van der Waals surface area (Å²) in [7, 11) is 0. The number of hydrogen-bond donors (Lipinski definition) is 2. The van der Waals surface area contributed by atoms with Gasteiger partial charge in [-0.3, -0.25) is 4.79 Å². The van der Waals surface area contributed by atoms with Crippen molar-refractivity contribution in [3.8, 4) is 0 Å². The molecule has 0 saturated heterocycles. The molecule has 1 aromatic carbocycles. The SMILES string of the molecule is CC(OCc1ccccc1)C(=O)NCC(O)C1CCCC1. The van der Waals surface area contributed by atoms with E-state index in [4.69, 9.17) is 4.74 Å². The van der Waals surface area contributed by atoms with Crippen molar-refractivity contribution in [2.75, 3.05) is 6.54 Å². The van der Waals surface area contributed by atoms with Gasteiger partial charge in [0.1, 0.15) is 6.10 Å². The lowest BCUT2D eigenvalue weighted by Gasteiger charge is -2.19. The zero-order chi connectivity index (χ0) is 15.1. The fourth-order valence-electron chi connectivity index (χ4n) is 2.73. The molecule has 0 bridgehead atoms. The molecule has 1 aliphatic carbocycles. The lowest BCUT2D eigenvalue weighted by molar-refractivity contribution is -0.133. The van der Waals surface area contributed by atoms with E-state index in [1.54, 1.807) is 6.92 Å². The predicted molar refractivity (Wildman–Crippen MR) is 81.7 cm³/mol. The summed E-state index contributed by atoms with van der Waals surface area (Å²) in [6.07, 6.45) is 3.56. The number of ether oxygens (including phenoxy) is 1. The number of benzene rings is 1. The topological polar surface area (TPSA) is 58.6 Å². The Kier molecular flexibility index (Phi) is 6.21. The molecule has 1 aliphatic rings. The van der Waals surface area contributed by atoms with E-state index in [-0.39, 0.29) is 5.91 Å². The van der Waals surface area contributed by atoms with Crippen molar-refractivity contribution in [3.63, 3.8) is 0 Å². The zero-order valence-corrected chi connectivity index (χ0v) is 12.6. The number of amides is 1. The Balaban J connectivity index is 1.67. The molecule has 0 spiro atoms. The Bertz CT molecular complexity index is 429. The molecule has 2 rings (SSSR count). The Morgan fingerprint density at radius 1 is 1.33 bits per heavy atom. The Morgan fingerprint density at radius 2 is 2.00 bits per heavy atom. The van der Waals surface area contributed by atoms with Crippen molar-refractivity contribution in [2.24, 2.45) is 5.92 Å². The molecule has 0 heterocycles. The van der Waals surface area contributed by atoms with Crippen LogP contribution in [-0.4, -0.2) is 29.8 Å². The van der Waals surface area contributed by atoms with Gasteiger partial charge in [0.15, 0.2) is 0 Å². The number of rotatable bonds is 7. The predicted octanol–water partition coefficient (Wildman–Crippen LogP) is 2.26. The van der Waals surface area contributed by atoms with Crippen molar-refractivity contribution >= 4 is 5.91 Å². The summed E-state index contributed by atoms with van der Waals surface area (Å²) >= 11 is 0. The lowest BCUT2D eigenvalue weighted by Crippen LogP contribution is -2.40. The first kappa shape index (κ1) is 16.0. The van der Waals surface area contributed by atoms with Gasteiger partial charge in [-0.1, -0.05) is 43.2 Å². The number of aliphatic hydroxyl groups is 1. The largest absolute Gasteiger partial charge is 0.391 e. The van der Waals surface area contributed by atoms with Crippen molar-refractivity contribution in [2.45, 2.75) is 51.4 Å². The molecule has 0 radical (unpaired) electrons. The number of nitrogens with one attached hydrogen (secondary N) is 1. The van der Waals surface area contributed by atoms with Gasteiger partial charge in [-0.05, 0) is 31.2 Å². The normalized spacial score (nSPS) is 18.4. The Morgan fingerprint density at radius 3 is 2.67 bits per heavy atom. The van der Waals surface area contributed by atoms with Crippen LogP contribution in [0.5, 0.6) is 0 Å². The van der Waals surface area contributed by atoms with E-state index in [0.29, 0.717) is 19.1 Å². The monoisotopic (exact) mass is 291 g/mol. The van der Waals surface area contributed by atoms with Gasteiger partial charge in [0.05, 0.1) is 12.7 Å². The highest BCUT2D eigenvalue weighted by molar-refractivity contribution is 5.80. The van der Waals surface area contributed by atoms with E-state index in [1.807, 2.05) is 30.3 Å². The average Bonchev–Trinajstić information content (AvgIpc) is 3.05. The summed E-state index contributed by atoms with van der Waals surface area (Å²) < 4.78 is 5.55. The molecule has 2 unspecified atom stereocenters. The van der Waals surface area contributed by atoms with Crippen LogP contribution >= 0.6 is 0 Å². The summed E-state index contributed by atoms with van der Waals surface area (Å²) in [5, 5.41) is 12.8. The molecule has 1 saturated carbocycles. The minimum atomic E-state index is -0.513. The standard InChI is InChI=1S/C17H25NO3/c1-13(21-12-14-7-3-2-4-8-14)17(20)18-11-16(19)15-9-5-6-10-15/h2-4,7-8,13,15-16,19H,5-6,9-12H2,1H3,(H,18,20). The second-order valence-corrected chi connectivity index (χ2v) is 5.80. The minimum absolute atomic E-state index is 0.164. The lowest BCUT2D eigenvalue weighted by atomic mass is 10.0. The van der Waals surface area contributed by atoms with Crippen LogP contribution in [0.25, 0.3) is 0 Å².